The molecule has 0 N–H and O–H groups in total. The van der Waals surface area contributed by atoms with E-state index in [2.05, 4.69) is 39.3 Å². The number of hydrogen-bond donors (Lipinski definition) is 0. The van der Waals surface area contributed by atoms with Crippen LogP contribution in [0.1, 0.15) is 13.8 Å². The van der Waals surface area contributed by atoms with E-state index in [0.717, 1.165) is 12.1 Å². The Morgan fingerprint density at radius 2 is 1.00 bits per heavy atom. The smallest absolute Gasteiger partial charge is 0.333 e. The highest BCUT2D eigenvalue weighted by Crippen LogP contribution is 2.22. The molecule has 0 aliphatic carbocycles. The van der Waals surface area contributed by atoms with E-state index in [4.69, 9.17) is 18.3 Å². The van der Waals surface area contributed by atoms with Gasteiger partial charge >= 0.3 is 11.9 Å². The van der Waals surface area contributed by atoms with Gasteiger partial charge in [-0.2, -0.15) is 0 Å². The number of carbonyl (C=O) groups excluding carboxylic acids is 2. The maximum Gasteiger partial charge on any atom is 0.333 e. The van der Waals surface area contributed by atoms with Crippen molar-refractivity contribution >= 4 is 28.6 Å². The summed E-state index contributed by atoms with van der Waals surface area (Å²) in [6.45, 7) is 20.2. The Hall–Kier alpha value is -1.23. The molecule has 0 bridgehead atoms. The molecule has 150 valence electrons. The van der Waals surface area contributed by atoms with E-state index in [0.29, 0.717) is 24.4 Å². The maximum absolute atomic E-state index is 11.3. The lowest BCUT2D eigenvalue weighted by Gasteiger charge is -2.28. The van der Waals surface area contributed by atoms with Gasteiger partial charge in [0.2, 0.25) is 0 Å². The molecular formula is C18H34O6Si2. The molecule has 8 heteroatoms. The van der Waals surface area contributed by atoms with Gasteiger partial charge in [-0.1, -0.05) is 13.2 Å². The standard InChI is InChI=1S/C18H34O6Si2/c1-15(2)17(19)21-9-11-23-25(5,6)13-14-26(7,8)24-12-10-22-18(20)16(3)4/h1,3,9-14H2,2,4-8H3. The zero-order chi connectivity index (χ0) is 20.4. The van der Waals surface area contributed by atoms with Crippen molar-refractivity contribution in [1.29, 1.82) is 0 Å². The van der Waals surface area contributed by atoms with Crippen LogP contribution in [0.2, 0.25) is 38.3 Å². The van der Waals surface area contributed by atoms with Gasteiger partial charge in [-0.15, -0.1) is 0 Å². The normalized spacial score (nSPS) is 11.8. The van der Waals surface area contributed by atoms with Crippen LogP contribution < -0.4 is 0 Å². The van der Waals surface area contributed by atoms with Crippen LogP contribution in [0, 0.1) is 0 Å². The molecule has 26 heavy (non-hydrogen) atoms. The van der Waals surface area contributed by atoms with Gasteiger partial charge in [-0.05, 0) is 52.1 Å². The summed E-state index contributed by atoms with van der Waals surface area (Å²) in [4.78, 5) is 22.6. The molecule has 0 unspecified atom stereocenters. The molecule has 0 aromatic rings. The van der Waals surface area contributed by atoms with E-state index in [-0.39, 0.29) is 25.2 Å². The highest BCUT2D eigenvalue weighted by molar-refractivity contribution is 6.76. The zero-order valence-electron chi connectivity index (χ0n) is 17.1. The molecule has 0 aliphatic rings. The van der Waals surface area contributed by atoms with Crippen molar-refractivity contribution in [3.05, 3.63) is 24.3 Å². The fraction of sp³-hybridized carbons (Fsp3) is 0.667. The number of ether oxygens (including phenoxy) is 2. The minimum absolute atomic E-state index is 0.244. The molecule has 0 atom stereocenters. The van der Waals surface area contributed by atoms with E-state index in [1.807, 2.05) is 0 Å². The largest absolute Gasteiger partial charge is 0.460 e. The number of esters is 2. The van der Waals surface area contributed by atoms with E-state index in [1.165, 1.54) is 0 Å². The fourth-order valence-electron chi connectivity index (χ4n) is 1.90. The highest BCUT2D eigenvalue weighted by Gasteiger charge is 2.29. The number of hydrogen-bond acceptors (Lipinski definition) is 6. The first-order chi connectivity index (χ1) is 11.9. The Morgan fingerprint density at radius 3 is 1.27 bits per heavy atom. The van der Waals surface area contributed by atoms with E-state index in [1.54, 1.807) is 13.8 Å². The van der Waals surface area contributed by atoms with Gasteiger partial charge in [0.15, 0.2) is 16.6 Å². The first-order valence-electron chi connectivity index (χ1n) is 8.79. The predicted molar refractivity (Wildman–Crippen MR) is 108 cm³/mol. The second-order valence-electron chi connectivity index (χ2n) is 7.55. The summed E-state index contributed by atoms with van der Waals surface area (Å²) < 4.78 is 22.0. The molecule has 0 aliphatic heterocycles. The lowest BCUT2D eigenvalue weighted by Crippen LogP contribution is -2.38. The third-order valence-corrected chi connectivity index (χ3v) is 9.02. The van der Waals surface area contributed by atoms with Crippen molar-refractivity contribution in [3.63, 3.8) is 0 Å². The van der Waals surface area contributed by atoms with Crippen LogP contribution in [0.4, 0.5) is 0 Å². The van der Waals surface area contributed by atoms with Crippen LogP contribution in [0.5, 0.6) is 0 Å². The summed E-state index contributed by atoms with van der Waals surface area (Å²) in [5.74, 6) is -0.773. The van der Waals surface area contributed by atoms with Gasteiger partial charge in [0.1, 0.15) is 13.2 Å². The molecular weight excluding hydrogens is 368 g/mol. The zero-order valence-corrected chi connectivity index (χ0v) is 19.1. The quantitative estimate of drug-likeness (QED) is 0.203. The molecule has 6 nitrogen and oxygen atoms in total. The Labute approximate surface area is 159 Å². The summed E-state index contributed by atoms with van der Waals surface area (Å²) in [5.41, 5.74) is 0.778. The van der Waals surface area contributed by atoms with Crippen molar-refractivity contribution in [2.24, 2.45) is 0 Å². The number of rotatable bonds is 13. The molecule has 0 aromatic carbocycles. The first-order valence-corrected chi connectivity index (χ1v) is 15.0. The van der Waals surface area contributed by atoms with Crippen molar-refractivity contribution in [2.45, 2.75) is 52.1 Å². The third kappa shape index (κ3) is 12.2. The average Bonchev–Trinajstić information content (AvgIpc) is 2.53. The summed E-state index contributed by atoms with van der Waals surface area (Å²) in [7, 11) is -3.70. The molecule has 0 spiro atoms. The van der Waals surface area contributed by atoms with E-state index < -0.39 is 16.6 Å². The molecule has 0 amide bonds. The van der Waals surface area contributed by atoms with Gasteiger partial charge in [0, 0.05) is 11.1 Å². The molecule has 0 radical (unpaired) electrons. The van der Waals surface area contributed by atoms with Gasteiger partial charge in [-0.25, -0.2) is 9.59 Å². The first kappa shape index (κ1) is 24.8. The average molecular weight is 403 g/mol. The monoisotopic (exact) mass is 402 g/mol. The SMILES string of the molecule is C=C(C)C(=O)OCCO[Si](C)(C)CC[Si](C)(C)OCCOC(=O)C(=C)C. The summed E-state index contributed by atoms with van der Waals surface area (Å²) in [6, 6.07) is 1.93. The second-order valence-corrected chi connectivity index (χ2v) is 16.2. The predicted octanol–water partition coefficient (Wildman–Crippen LogP) is 3.67. The van der Waals surface area contributed by atoms with Crippen LogP contribution in [0.25, 0.3) is 0 Å². The Bertz CT molecular complexity index is 468. The van der Waals surface area contributed by atoms with Gasteiger partial charge in [0.25, 0.3) is 0 Å². The van der Waals surface area contributed by atoms with Crippen molar-refractivity contribution in [3.8, 4) is 0 Å². The molecule has 0 heterocycles. The van der Waals surface area contributed by atoms with Crippen LogP contribution in [0.15, 0.2) is 24.3 Å². The third-order valence-electron chi connectivity index (χ3n) is 3.64. The molecule has 0 fully saturated rings. The molecule has 0 rings (SSSR count). The van der Waals surface area contributed by atoms with Gasteiger partial charge in [0.05, 0.1) is 13.2 Å². The summed E-state index contributed by atoms with van der Waals surface area (Å²) in [5, 5.41) is 0. The van der Waals surface area contributed by atoms with Gasteiger partial charge in [-0.3, -0.25) is 0 Å². The Morgan fingerprint density at radius 1 is 0.692 bits per heavy atom. The summed E-state index contributed by atoms with van der Waals surface area (Å²) in [6.07, 6.45) is 0. The van der Waals surface area contributed by atoms with Crippen molar-refractivity contribution in [2.75, 3.05) is 26.4 Å². The lowest BCUT2D eigenvalue weighted by molar-refractivity contribution is -0.140. The minimum atomic E-state index is -1.85. The minimum Gasteiger partial charge on any atom is -0.460 e. The van der Waals surface area contributed by atoms with Crippen LogP contribution in [-0.4, -0.2) is 55.0 Å². The topological polar surface area (TPSA) is 71.1 Å². The lowest BCUT2D eigenvalue weighted by atomic mass is 10.4. The fourth-order valence-corrected chi connectivity index (χ4v) is 8.27. The van der Waals surface area contributed by atoms with Crippen molar-refractivity contribution < 1.29 is 27.9 Å². The summed E-state index contributed by atoms with van der Waals surface area (Å²) >= 11 is 0. The highest BCUT2D eigenvalue weighted by atomic mass is 28.4. The Balaban J connectivity index is 4.06. The maximum atomic E-state index is 11.3. The second kappa shape index (κ2) is 11.5. The molecule has 0 saturated carbocycles. The van der Waals surface area contributed by atoms with Crippen LogP contribution >= 0.6 is 0 Å². The van der Waals surface area contributed by atoms with Crippen LogP contribution in [0.3, 0.4) is 0 Å². The molecule has 0 aromatic heterocycles. The van der Waals surface area contributed by atoms with E-state index >= 15 is 0 Å². The van der Waals surface area contributed by atoms with Gasteiger partial charge < -0.3 is 18.3 Å². The van der Waals surface area contributed by atoms with Crippen molar-refractivity contribution in [1.82, 2.24) is 0 Å². The number of carbonyl (C=O) groups is 2. The Kier molecular flexibility index (Phi) is 10.9. The van der Waals surface area contributed by atoms with E-state index in [9.17, 15) is 9.59 Å². The van der Waals surface area contributed by atoms with Crippen LogP contribution in [-0.2, 0) is 27.9 Å². The molecule has 0 saturated heterocycles.